The molecule has 4 nitrogen and oxygen atoms in total. The van der Waals surface area contributed by atoms with Crippen LogP contribution < -0.4 is 5.32 Å². The quantitative estimate of drug-likeness (QED) is 0.736. The highest BCUT2D eigenvalue weighted by atomic mass is 35.5. The van der Waals surface area contributed by atoms with E-state index in [1.807, 2.05) is 0 Å². The number of nitrogens with zero attached hydrogens (tertiary/aromatic N) is 1. The summed E-state index contributed by atoms with van der Waals surface area (Å²) < 4.78 is 0. The lowest BCUT2D eigenvalue weighted by atomic mass is 10.1. The van der Waals surface area contributed by atoms with Gasteiger partial charge in [0.2, 0.25) is 0 Å². The number of nitrogens with one attached hydrogen (secondary N) is 1. The number of imide groups is 1. The van der Waals surface area contributed by atoms with Gasteiger partial charge < -0.3 is 5.32 Å². The molecule has 3 amide bonds. The summed E-state index contributed by atoms with van der Waals surface area (Å²) in [6.07, 6.45) is 0. The fourth-order valence-electron chi connectivity index (χ4n) is 1.49. The van der Waals surface area contributed by atoms with Crippen LogP contribution in [0.3, 0.4) is 0 Å². The van der Waals surface area contributed by atoms with Gasteiger partial charge in [-0.05, 0) is 17.7 Å². The predicted octanol–water partition coefficient (Wildman–Crippen LogP) is 1.56. The number of likely N-dealkylation sites (N-methyl/N-ethyl adjacent to an activating group) is 1. The Kier molecular flexibility index (Phi) is 2.36. The topological polar surface area (TPSA) is 49.4 Å². The van der Waals surface area contributed by atoms with E-state index in [-0.39, 0.29) is 11.9 Å². The molecule has 1 N–H and O–H groups in total. The van der Waals surface area contributed by atoms with Crippen LogP contribution >= 0.6 is 11.6 Å². The molecule has 0 radical (unpaired) electrons. The van der Waals surface area contributed by atoms with Gasteiger partial charge in [-0.2, -0.15) is 0 Å². The van der Waals surface area contributed by atoms with Crippen LogP contribution in [0.25, 0.3) is 0 Å². The summed E-state index contributed by atoms with van der Waals surface area (Å²) in [6, 6.07) is 5.90. The average Bonchev–Trinajstić information content (AvgIpc) is 2.46. The molecular weight excluding hydrogens is 216 g/mol. The van der Waals surface area contributed by atoms with Crippen molar-refractivity contribution in [2.45, 2.75) is 6.04 Å². The summed E-state index contributed by atoms with van der Waals surface area (Å²) in [5.74, 6) is -0.262. The molecule has 0 spiro atoms. The fourth-order valence-corrected chi connectivity index (χ4v) is 1.69. The maximum atomic E-state index is 11.6. The molecule has 1 unspecified atom stereocenters. The van der Waals surface area contributed by atoms with Gasteiger partial charge in [0.1, 0.15) is 6.04 Å². The second-order valence-corrected chi connectivity index (χ2v) is 3.77. The Labute approximate surface area is 91.8 Å². The molecule has 0 aromatic heterocycles. The van der Waals surface area contributed by atoms with Crippen LogP contribution in [0.5, 0.6) is 0 Å². The number of carbonyl (C=O) groups is 2. The summed E-state index contributed by atoms with van der Waals surface area (Å²) in [5.41, 5.74) is 0.699. The maximum Gasteiger partial charge on any atom is 0.324 e. The van der Waals surface area contributed by atoms with E-state index >= 15 is 0 Å². The van der Waals surface area contributed by atoms with Crippen molar-refractivity contribution in [2.75, 3.05) is 7.05 Å². The first-order valence-corrected chi connectivity index (χ1v) is 4.81. The Hall–Kier alpha value is -1.55. The van der Waals surface area contributed by atoms with Gasteiger partial charge in [0.05, 0.1) is 0 Å². The highest BCUT2D eigenvalue weighted by Crippen LogP contribution is 2.23. The molecule has 0 saturated carbocycles. The second kappa shape index (κ2) is 3.55. The number of hydrogen-bond acceptors (Lipinski definition) is 2. The first-order chi connectivity index (χ1) is 7.09. The molecule has 15 heavy (non-hydrogen) atoms. The molecule has 0 bridgehead atoms. The van der Waals surface area contributed by atoms with Gasteiger partial charge in [-0.1, -0.05) is 23.7 Å². The van der Waals surface area contributed by atoms with Crippen molar-refractivity contribution in [3.05, 3.63) is 34.9 Å². The molecule has 1 heterocycles. The van der Waals surface area contributed by atoms with Gasteiger partial charge in [0.25, 0.3) is 5.91 Å². The summed E-state index contributed by atoms with van der Waals surface area (Å²) in [7, 11) is 1.45. The smallest absolute Gasteiger partial charge is 0.322 e. The summed E-state index contributed by atoms with van der Waals surface area (Å²) in [4.78, 5) is 23.9. The van der Waals surface area contributed by atoms with Crippen LogP contribution in [-0.2, 0) is 4.79 Å². The number of amides is 3. The number of carbonyl (C=O) groups excluding carboxylic acids is 2. The molecular formula is C10H9ClN2O2. The molecule has 1 saturated heterocycles. The van der Waals surface area contributed by atoms with Crippen LogP contribution in [0.4, 0.5) is 4.79 Å². The minimum atomic E-state index is -0.610. The Bertz CT molecular complexity index is 433. The van der Waals surface area contributed by atoms with E-state index in [0.717, 1.165) is 4.90 Å². The molecule has 1 aliphatic rings. The van der Waals surface area contributed by atoms with E-state index in [0.29, 0.717) is 10.6 Å². The van der Waals surface area contributed by atoms with Gasteiger partial charge in [-0.3, -0.25) is 9.69 Å². The molecule has 1 aromatic carbocycles. The van der Waals surface area contributed by atoms with Crippen molar-refractivity contribution in [3.8, 4) is 0 Å². The molecule has 0 aliphatic carbocycles. The number of halogens is 1. The minimum Gasteiger partial charge on any atom is -0.322 e. The highest BCUT2D eigenvalue weighted by Gasteiger charge is 2.36. The Morgan fingerprint density at radius 3 is 2.67 bits per heavy atom. The van der Waals surface area contributed by atoms with Crippen molar-refractivity contribution >= 4 is 23.5 Å². The average molecular weight is 225 g/mol. The van der Waals surface area contributed by atoms with Crippen molar-refractivity contribution in [1.82, 2.24) is 10.2 Å². The fraction of sp³-hybridized carbons (Fsp3) is 0.200. The van der Waals surface area contributed by atoms with Gasteiger partial charge in [0.15, 0.2) is 0 Å². The second-order valence-electron chi connectivity index (χ2n) is 3.33. The Balaban J connectivity index is 2.33. The van der Waals surface area contributed by atoms with E-state index in [9.17, 15) is 9.59 Å². The molecule has 5 heteroatoms. The lowest BCUT2D eigenvalue weighted by Crippen LogP contribution is -2.25. The standard InChI is InChI=1S/C10H9ClN2O2/c1-13-9(14)8(12-10(13)15)6-3-2-4-7(11)5-6/h2-5,8H,1H3,(H,12,15). The third-order valence-electron chi connectivity index (χ3n) is 2.33. The summed E-state index contributed by atoms with van der Waals surface area (Å²) >= 11 is 5.81. The van der Waals surface area contributed by atoms with Crippen LogP contribution in [0, 0.1) is 0 Å². The number of hydrogen-bond donors (Lipinski definition) is 1. The van der Waals surface area contributed by atoms with Crippen LogP contribution in [0.15, 0.2) is 24.3 Å². The van der Waals surface area contributed by atoms with Crippen molar-refractivity contribution < 1.29 is 9.59 Å². The normalized spacial score (nSPS) is 20.7. The monoisotopic (exact) mass is 224 g/mol. The first kappa shape index (κ1) is 9.98. The maximum absolute atomic E-state index is 11.6. The summed E-state index contributed by atoms with van der Waals surface area (Å²) in [5, 5.41) is 3.12. The molecule has 1 atom stereocenters. The highest BCUT2D eigenvalue weighted by molar-refractivity contribution is 6.30. The zero-order chi connectivity index (χ0) is 11.0. The molecule has 1 aromatic rings. The third-order valence-corrected chi connectivity index (χ3v) is 2.57. The van der Waals surface area contributed by atoms with Crippen molar-refractivity contribution in [1.29, 1.82) is 0 Å². The number of rotatable bonds is 1. The van der Waals surface area contributed by atoms with E-state index in [1.54, 1.807) is 24.3 Å². The molecule has 1 aliphatic heterocycles. The van der Waals surface area contributed by atoms with Gasteiger partial charge in [-0.15, -0.1) is 0 Å². The lowest BCUT2D eigenvalue weighted by Gasteiger charge is -2.08. The van der Waals surface area contributed by atoms with Crippen LogP contribution in [0.2, 0.25) is 5.02 Å². The van der Waals surface area contributed by atoms with Gasteiger partial charge >= 0.3 is 6.03 Å². The zero-order valence-corrected chi connectivity index (χ0v) is 8.78. The van der Waals surface area contributed by atoms with Crippen LogP contribution in [0.1, 0.15) is 11.6 Å². The first-order valence-electron chi connectivity index (χ1n) is 4.43. The van der Waals surface area contributed by atoms with Crippen LogP contribution in [-0.4, -0.2) is 23.9 Å². The Morgan fingerprint density at radius 1 is 1.40 bits per heavy atom. The minimum absolute atomic E-state index is 0.262. The SMILES string of the molecule is CN1C(=O)NC(c2cccc(Cl)c2)C1=O. The van der Waals surface area contributed by atoms with E-state index in [2.05, 4.69) is 5.32 Å². The largest absolute Gasteiger partial charge is 0.324 e. The third kappa shape index (κ3) is 1.68. The van der Waals surface area contributed by atoms with E-state index in [4.69, 9.17) is 11.6 Å². The molecule has 1 fully saturated rings. The predicted molar refractivity (Wildman–Crippen MR) is 55.5 cm³/mol. The van der Waals surface area contributed by atoms with Gasteiger partial charge in [0, 0.05) is 12.1 Å². The van der Waals surface area contributed by atoms with Gasteiger partial charge in [-0.25, -0.2) is 4.79 Å². The lowest BCUT2D eigenvalue weighted by molar-refractivity contribution is -0.126. The summed E-state index contributed by atoms with van der Waals surface area (Å²) in [6.45, 7) is 0. The molecule has 78 valence electrons. The van der Waals surface area contributed by atoms with Crippen molar-refractivity contribution in [2.24, 2.45) is 0 Å². The number of benzene rings is 1. The zero-order valence-electron chi connectivity index (χ0n) is 8.03. The van der Waals surface area contributed by atoms with E-state index < -0.39 is 6.04 Å². The van der Waals surface area contributed by atoms with Crippen molar-refractivity contribution in [3.63, 3.8) is 0 Å². The Morgan fingerprint density at radius 2 is 2.13 bits per heavy atom. The number of urea groups is 1. The molecule has 2 rings (SSSR count). The van der Waals surface area contributed by atoms with E-state index in [1.165, 1.54) is 7.05 Å².